The fraction of sp³-hybridized carbons (Fsp3) is 0.0444. The Kier molecular flexibility index (Phi) is 7.25. The Balaban J connectivity index is 1.13. The number of aromatic nitrogens is 4. The number of fused-ring (bicyclic) bond motifs is 3. The van der Waals surface area contributed by atoms with E-state index in [2.05, 4.69) is 174 Å². The summed E-state index contributed by atoms with van der Waals surface area (Å²) in [6.45, 7) is 0. The zero-order valence-electron chi connectivity index (χ0n) is 26.8. The van der Waals surface area contributed by atoms with Crippen molar-refractivity contribution in [3.05, 3.63) is 187 Å². The Bertz CT molecular complexity index is 2460. The molecule has 9 rings (SSSR count). The predicted octanol–water partition coefficient (Wildman–Crippen LogP) is 11.1. The fourth-order valence-corrected chi connectivity index (χ4v) is 6.93. The molecule has 1 aliphatic carbocycles. The van der Waals surface area contributed by atoms with Crippen LogP contribution < -0.4 is 0 Å². The third-order valence-corrected chi connectivity index (χ3v) is 9.41. The Morgan fingerprint density at radius 1 is 0.469 bits per heavy atom. The van der Waals surface area contributed by atoms with Crippen LogP contribution in [0.25, 0.3) is 67.0 Å². The minimum absolute atomic E-state index is 0.335. The molecule has 0 spiro atoms. The molecule has 0 amide bonds. The number of allylic oxidation sites excluding steroid dienone is 4. The van der Waals surface area contributed by atoms with E-state index >= 15 is 0 Å². The van der Waals surface area contributed by atoms with Crippen LogP contribution in [0.1, 0.15) is 23.7 Å². The zero-order chi connectivity index (χ0) is 32.6. The number of hydrogen-bond acceptors (Lipinski definition) is 3. The number of hydrogen-bond donors (Lipinski definition) is 0. The number of benzene rings is 6. The van der Waals surface area contributed by atoms with Crippen LogP contribution in [0.5, 0.6) is 0 Å². The molecule has 4 heteroatoms. The van der Waals surface area contributed by atoms with Crippen LogP contribution in [0, 0.1) is 0 Å². The first kappa shape index (κ1) is 28.8. The standard InChI is InChI=1S/C45H32N4/c1-3-12-31(13-4-1)33-22-24-34(25-23-33)43-46-44(48-45(47-43)37-17-11-16-36(30-37)32-14-5-2-6-15-32)35-26-28-38(29-27-35)49-41-20-9-7-18-39(41)40-19-8-10-21-42(40)49/h1-22,24-30,33H,23H2. The van der Waals surface area contributed by atoms with Gasteiger partial charge in [-0.05, 0) is 65.6 Å². The first-order valence-corrected chi connectivity index (χ1v) is 16.7. The molecule has 0 saturated heterocycles. The molecule has 1 unspecified atom stereocenters. The Labute approximate surface area is 285 Å². The van der Waals surface area contributed by atoms with E-state index in [1.165, 1.54) is 27.4 Å². The maximum atomic E-state index is 5.08. The first-order chi connectivity index (χ1) is 24.3. The summed E-state index contributed by atoms with van der Waals surface area (Å²) < 4.78 is 2.33. The lowest BCUT2D eigenvalue weighted by Gasteiger charge is -2.17. The van der Waals surface area contributed by atoms with Crippen molar-refractivity contribution in [3.63, 3.8) is 0 Å². The molecule has 0 fully saturated rings. The molecule has 49 heavy (non-hydrogen) atoms. The third-order valence-electron chi connectivity index (χ3n) is 9.41. The van der Waals surface area contributed by atoms with Crippen molar-refractivity contribution in [2.75, 3.05) is 0 Å². The van der Waals surface area contributed by atoms with Gasteiger partial charge < -0.3 is 4.57 Å². The van der Waals surface area contributed by atoms with Gasteiger partial charge >= 0.3 is 0 Å². The smallest absolute Gasteiger partial charge is 0.164 e. The van der Waals surface area contributed by atoms with Crippen molar-refractivity contribution < 1.29 is 0 Å². The predicted molar refractivity (Wildman–Crippen MR) is 201 cm³/mol. The van der Waals surface area contributed by atoms with E-state index in [-0.39, 0.29) is 0 Å². The molecule has 4 nitrogen and oxygen atoms in total. The number of para-hydroxylation sites is 2. The maximum Gasteiger partial charge on any atom is 0.164 e. The summed E-state index contributed by atoms with van der Waals surface area (Å²) in [5, 5.41) is 2.49. The molecular weight excluding hydrogens is 597 g/mol. The van der Waals surface area contributed by atoms with Crippen molar-refractivity contribution in [2.24, 2.45) is 0 Å². The lowest BCUT2D eigenvalue weighted by Crippen LogP contribution is -2.05. The van der Waals surface area contributed by atoms with Gasteiger partial charge in [-0.3, -0.25) is 0 Å². The van der Waals surface area contributed by atoms with Crippen LogP contribution in [0.4, 0.5) is 0 Å². The van der Waals surface area contributed by atoms with Crippen LogP contribution in [0.3, 0.4) is 0 Å². The molecule has 0 aliphatic heterocycles. The van der Waals surface area contributed by atoms with Gasteiger partial charge in [0.05, 0.1) is 11.0 Å². The second-order valence-electron chi connectivity index (χ2n) is 12.4. The van der Waals surface area contributed by atoms with E-state index in [9.17, 15) is 0 Å². The van der Waals surface area contributed by atoms with Crippen molar-refractivity contribution in [3.8, 4) is 39.6 Å². The monoisotopic (exact) mass is 628 g/mol. The second kappa shape index (κ2) is 12.3. The average molecular weight is 629 g/mol. The Morgan fingerprint density at radius 2 is 1.04 bits per heavy atom. The fourth-order valence-electron chi connectivity index (χ4n) is 6.93. The summed E-state index contributed by atoms with van der Waals surface area (Å²) >= 11 is 0. The third kappa shape index (κ3) is 5.43. The van der Waals surface area contributed by atoms with Gasteiger partial charge in [-0.15, -0.1) is 0 Å². The molecule has 6 aromatic carbocycles. The van der Waals surface area contributed by atoms with Crippen LogP contribution in [0.2, 0.25) is 0 Å². The number of nitrogens with zero attached hydrogens (tertiary/aromatic N) is 4. The summed E-state index contributed by atoms with van der Waals surface area (Å²) in [4.78, 5) is 15.2. The van der Waals surface area contributed by atoms with Gasteiger partial charge in [-0.2, -0.15) is 0 Å². The quantitative estimate of drug-likeness (QED) is 0.184. The lowest BCUT2D eigenvalue weighted by atomic mass is 9.90. The van der Waals surface area contributed by atoms with Gasteiger partial charge in [0, 0.05) is 39.1 Å². The van der Waals surface area contributed by atoms with E-state index in [0.29, 0.717) is 23.4 Å². The molecule has 1 atom stereocenters. The highest BCUT2D eigenvalue weighted by Gasteiger charge is 2.18. The minimum atomic E-state index is 0.335. The lowest BCUT2D eigenvalue weighted by molar-refractivity contribution is 0.854. The van der Waals surface area contributed by atoms with E-state index in [0.717, 1.165) is 39.9 Å². The van der Waals surface area contributed by atoms with Crippen LogP contribution >= 0.6 is 0 Å². The summed E-state index contributed by atoms with van der Waals surface area (Å²) in [6, 6.07) is 55.3. The van der Waals surface area contributed by atoms with Gasteiger partial charge in [0.25, 0.3) is 0 Å². The van der Waals surface area contributed by atoms with Crippen molar-refractivity contribution in [2.45, 2.75) is 12.3 Å². The van der Waals surface area contributed by atoms with Crippen molar-refractivity contribution in [1.82, 2.24) is 19.5 Å². The maximum absolute atomic E-state index is 5.08. The zero-order valence-corrected chi connectivity index (χ0v) is 26.8. The van der Waals surface area contributed by atoms with Crippen LogP contribution in [0.15, 0.2) is 176 Å². The second-order valence-corrected chi connectivity index (χ2v) is 12.4. The van der Waals surface area contributed by atoms with Crippen molar-refractivity contribution in [1.29, 1.82) is 0 Å². The average Bonchev–Trinajstić information content (AvgIpc) is 3.53. The van der Waals surface area contributed by atoms with Gasteiger partial charge in [0.2, 0.25) is 0 Å². The summed E-state index contributed by atoms with van der Waals surface area (Å²) in [6.07, 6.45) is 7.58. The van der Waals surface area contributed by atoms with Gasteiger partial charge in [-0.1, -0.05) is 133 Å². The van der Waals surface area contributed by atoms with E-state index in [1.54, 1.807) is 0 Å². The van der Waals surface area contributed by atoms with Crippen LogP contribution in [-0.4, -0.2) is 19.5 Å². The molecule has 0 bridgehead atoms. The molecule has 8 aromatic rings. The molecule has 2 heterocycles. The SMILES string of the molecule is C1=CC(c2ccccc2)CC=C1c1nc(-c2ccc(-n3c4ccccc4c4ccccc43)cc2)nc(-c2cccc(-c3ccccc3)c2)n1. The van der Waals surface area contributed by atoms with Gasteiger partial charge in [0.1, 0.15) is 0 Å². The highest BCUT2D eigenvalue weighted by atomic mass is 15.0. The van der Waals surface area contributed by atoms with E-state index < -0.39 is 0 Å². The van der Waals surface area contributed by atoms with E-state index in [4.69, 9.17) is 15.0 Å². The molecule has 1 aliphatic rings. The highest BCUT2D eigenvalue weighted by Crippen LogP contribution is 2.34. The van der Waals surface area contributed by atoms with Gasteiger partial charge in [-0.25, -0.2) is 15.0 Å². The van der Waals surface area contributed by atoms with Crippen molar-refractivity contribution >= 4 is 27.4 Å². The van der Waals surface area contributed by atoms with E-state index in [1.807, 2.05) is 6.07 Å². The molecule has 2 aromatic heterocycles. The largest absolute Gasteiger partial charge is 0.309 e. The Morgan fingerprint density at radius 3 is 1.71 bits per heavy atom. The topological polar surface area (TPSA) is 43.6 Å². The normalized spacial score (nSPS) is 14.3. The minimum Gasteiger partial charge on any atom is -0.309 e. The Hall–Kier alpha value is -6.39. The molecular formula is C45H32N4. The molecule has 0 N–H and O–H groups in total. The summed E-state index contributed by atoms with van der Waals surface area (Å²) in [5.41, 5.74) is 9.96. The first-order valence-electron chi connectivity index (χ1n) is 16.7. The number of rotatable bonds is 6. The summed E-state index contributed by atoms with van der Waals surface area (Å²) in [7, 11) is 0. The molecule has 0 radical (unpaired) electrons. The molecule has 0 saturated carbocycles. The highest BCUT2D eigenvalue weighted by molar-refractivity contribution is 6.09. The molecule has 232 valence electrons. The van der Waals surface area contributed by atoms with Crippen LogP contribution in [-0.2, 0) is 0 Å². The van der Waals surface area contributed by atoms with Gasteiger partial charge in [0.15, 0.2) is 17.5 Å². The summed E-state index contributed by atoms with van der Waals surface area (Å²) in [5.74, 6) is 2.32.